The highest BCUT2D eigenvalue weighted by atomic mass is 16.1. The van der Waals surface area contributed by atoms with Crippen LogP contribution in [0.3, 0.4) is 0 Å². The van der Waals surface area contributed by atoms with E-state index in [2.05, 4.69) is 77.6 Å². The molecule has 1 amide bonds. The molecule has 1 unspecified atom stereocenters. The standard InChI is InChI=1S/C29H34N6O/c1-5-22-12-14-25(15-13-22)35-21(4)26-20(3)31-32-28(27(26)33-35)34-16-8-11-24(18-34)29(36)30-17-23-10-7-6-9-19(23)2/h6-7,9-10,12-15,24H,5,8,11,16-18H2,1-4H3,(H,30,36). The topological polar surface area (TPSA) is 75.9 Å². The quantitative estimate of drug-likeness (QED) is 0.426. The summed E-state index contributed by atoms with van der Waals surface area (Å²) in [6, 6.07) is 16.7. The van der Waals surface area contributed by atoms with E-state index < -0.39 is 0 Å². The minimum Gasteiger partial charge on any atom is -0.352 e. The molecule has 0 radical (unpaired) electrons. The molecule has 0 aliphatic carbocycles. The zero-order chi connectivity index (χ0) is 25.2. The molecule has 7 heteroatoms. The number of piperidine rings is 1. The number of amides is 1. The van der Waals surface area contributed by atoms with E-state index >= 15 is 0 Å². The summed E-state index contributed by atoms with van der Waals surface area (Å²) < 4.78 is 1.99. The summed E-state index contributed by atoms with van der Waals surface area (Å²) >= 11 is 0. The molecule has 2 aromatic carbocycles. The predicted molar refractivity (Wildman–Crippen MR) is 143 cm³/mol. The van der Waals surface area contributed by atoms with E-state index in [1.165, 1.54) is 11.1 Å². The first-order valence-corrected chi connectivity index (χ1v) is 12.8. The number of nitrogens with one attached hydrogen (secondary N) is 1. The molecule has 1 saturated heterocycles. The first-order valence-electron chi connectivity index (χ1n) is 12.8. The number of aryl methyl sites for hydroxylation is 4. The van der Waals surface area contributed by atoms with Gasteiger partial charge >= 0.3 is 0 Å². The summed E-state index contributed by atoms with van der Waals surface area (Å²) in [5.41, 5.74) is 7.43. The number of carbonyl (C=O) groups is 1. The minimum atomic E-state index is -0.0920. The van der Waals surface area contributed by atoms with Crippen LogP contribution < -0.4 is 10.2 Å². The monoisotopic (exact) mass is 482 g/mol. The van der Waals surface area contributed by atoms with E-state index in [0.717, 1.165) is 65.2 Å². The van der Waals surface area contributed by atoms with E-state index in [4.69, 9.17) is 5.10 Å². The van der Waals surface area contributed by atoms with Crippen molar-refractivity contribution in [3.63, 3.8) is 0 Å². The Hall–Kier alpha value is -3.74. The van der Waals surface area contributed by atoms with Gasteiger partial charge in [-0.3, -0.25) is 4.79 Å². The number of hydrogen-bond donors (Lipinski definition) is 1. The summed E-state index contributed by atoms with van der Waals surface area (Å²) in [6.45, 7) is 10.3. The van der Waals surface area contributed by atoms with Gasteiger partial charge in [0.2, 0.25) is 5.91 Å². The van der Waals surface area contributed by atoms with E-state index in [1.807, 2.05) is 23.7 Å². The maximum absolute atomic E-state index is 13.1. The molecule has 4 aromatic rings. The van der Waals surface area contributed by atoms with Crippen molar-refractivity contribution in [2.75, 3.05) is 18.0 Å². The van der Waals surface area contributed by atoms with E-state index in [0.29, 0.717) is 13.1 Å². The fraction of sp³-hybridized carbons (Fsp3) is 0.379. The maximum Gasteiger partial charge on any atom is 0.225 e. The third-order valence-corrected chi connectivity index (χ3v) is 7.38. The van der Waals surface area contributed by atoms with Crippen LogP contribution in [0, 0.1) is 26.7 Å². The Balaban J connectivity index is 1.40. The summed E-state index contributed by atoms with van der Waals surface area (Å²) in [5, 5.41) is 18.2. The molecular formula is C29H34N6O. The Morgan fingerprint density at radius 2 is 1.83 bits per heavy atom. The van der Waals surface area contributed by atoms with Crippen LogP contribution in [0.2, 0.25) is 0 Å². The molecule has 0 saturated carbocycles. The zero-order valence-corrected chi connectivity index (χ0v) is 21.6. The number of aromatic nitrogens is 4. The Morgan fingerprint density at radius 3 is 2.58 bits per heavy atom. The molecule has 3 heterocycles. The van der Waals surface area contributed by atoms with Crippen LogP contribution in [0.15, 0.2) is 48.5 Å². The van der Waals surface area contributed by atoms with Crippen molar-refractivity contribution in [1.82, 2.24) is 25.3 Å². The van der Waals surface area contributed by atoms with Gasteiger partial charge in [-0.15, -0.1) is 5.10 Å². The fourth-order valence-electron chi connectivity index (χ4n) is 5.17. The summed E-state index contributed by atoms with van der Waals surface area (Å²) in [6.07, 6.45) is 2.81. The number of benzene rings is 2. The largest absolute Gasteiger partial charge is 0.352 e. The van der Waals surface area contributed by atoms with Gasteiger partial charge in [0.1, 0.15) is 5.52 Å². The normalized spacial score (nSPS) is 15.9. The lowest BCUT2D eigenvalue weighted by Crippen LogP contribution is -2.43. The maximum atomic E-state index is 13.1. The van der Waals surface area contributed by atoms with Gasteiger partial charge < -0.3 is 10.2 Å². The second-order valence-electron chi connectivity index (χ2n) is 9.78. The highest BCUT2D eigenvalue weighted by Crippen LogP contribution is 2.31. The fourth-order valence-corrected chi connectivity index (χ4v) is 5.17. The Labute approximate surface area is 212 Å². The SMILES string of the molecule is CCc1ccc(-n2nc3c(N4CCCC(C(=O)NCc5ccccc5C)C4)nnc(C)c3c2C)cc1. The molecule has 0 bridgehead atoms. The highest BCUT2D eigenvalue weighted by molar-refractivity contribution is 5.92. The minimum absolute atomic E-state index is 0.0920. The van der Waals surface area contributed by atoms with Crippen molar-refractivity contribution in [2.45, 2.75) is 53.5 Å². The molecule has 1 atom stereocenters. The van der Waals surface area contributed by atoms with Crippen molar-refractivity contribution < 1.29 is 4.79 Å². The van der Waals surface area contributed by atoms with E-state index in [9.17, 15) is 4.79 Å². The third-order valence-electron chi connectivity index (χ3n) is 7.38. The summed E-state index contributed by atoms with van der Waals surface area (Å²) in [4.78, 5) is 15.3. The lowest BCUT2D eigenvalue weighted by Gasteiger charge is -2.32. The number of fused-ring (bicyclic) bond motifs is 1. The Bertz CT molecular complexity index is 1390. The molecule has 1 fully saturated rings. The highest BCUT2D eigenvalue weighted by Gasteiger charge is 2.29. The second-order valence-corrected chi connectivity index (χ2v) is 9.78. The van der Waals surface area contributed by atoms with Crippen LogP contribution >= 0.6 is 0 Å². The molecule has 186 valence electrons. The molecule has 0 spiro atoms. The van der Waals surface area contributed by atoms with Crippen molar-refractivity contribution in [3.8, 4) is 5.69 Å². The molecule has 1 aliphatic heterocycles. The van der Waals surface area contributed by atoms with Gasteiger partial charge in [0.15, 0.2) is 5.82 Å². The summed E-state index contributed by atoms with van der Waals surface area (Å²) in [5.74, 6) is 0.765. The van der Waals surface area contributed by atoms with Crippen molar-refractivity contribution in [3.05, 3.63) is 76.6 Å². The summed E-state index contributed by atoms with van der Waals surface area (Å²) in [7, 11) is 0. The number of rotatable bonds is 6. The van der Waals surface area contributed by atoms with Gasteiger partial charge in [-0.25, -0.2) is 4.68 Å². The molecule has 36 heavy (non-hydrogen) atoms. The Morgan fingerprint density at radius 1 is 1.06 bits per heavy atom. The lowest BCUT2D eigenvalue weighted by atomic mass is 9.96. The third kappa shape index (κ3) is 4.57. The molecule has 2 aromatic heterocycles. The van der Waals surface area contributed by atoms with Crippen LogP contribution in [0.1, 0.15) is 47.8 Å². The van der Waals surface area contributed by atoms with Crippen molar-refractivity contribution in [2.24, 2.45) is 5.92 Å². The van der Waals surface area contributed by atoms with Gasteiger partial charge in [0, 0.05) is 19.6 Å². The van der Waals surface area contributed by atoms with Gasteiger partial charge in [-0.2, -0.15) is 10.2 Å². The van der Waals surface area contributed by atoms with Gasteiger partial charge in [-0.1, -0.05) is 43.3 Å². The number of hydrogen-bond acceptors (Lipinski definition) is 5. The Kier molecular flexibility index (Phi) is 6.72. The number of carbonyl (C=O) groups excluding carboxylic acids is 1. The zero-order valence-electron chi connectivity index (χ0n) is 21.6. The number of anilines is 1. The van der Waals surface area contributed by atoms with Crippen LogP contribution in [-0.4, -0.2) is 39.0 Å². The predicted octanol–water partition coefficient (Wildman–Crippen LogP) is 4.84. The average Bonchev–Trinajstić information content (AvgIpc) is 3.26. The first-order chi connectivity index (χ1) is 17.5. The smallest absolute Gasteiger partial charge is 0.225 e. The second kappa shape index (κ2) is 10.1. The first kappa shape index (κ1) is 24.0. The van der Waals surface area contributed by atoms with Crippen molar-refractivity contribution >= 4 is 22.6 Å². The van der Waals surface area contributed by atoms with Crippen LogP contribution in [-0.2, 0) is 17.8 Å². The van der Waals surface area contributed by atoms with Crippen LogP contribution in [0.4, 0.5) is 5.82 Å². The lowest BCUT2D eigenvalue weighted by molar-refractivity contribution is -0.125. The van der Waals surface area contributed by atoms with Crippen LogP contribution in [0.5, 0.6) is 0 Å². The molecule has 5 rings (SSSR count). The van der Waals surface area contributed by atoms with Crippen molar-refractivity contribution in [1.29, 1.82) is 0 Å². The molecule has 1 aliphatic rings. The van der Waals surface area contributed by atoms with Crippen LogP contribution in [0.25, 0.3) is 16.6 Å². The molecule has 7 nitrogen and oxygen atoms in total. The van der Waals surface area contributed by atoms with Gasteiger partial charge in [-0.05, 0) is 68.9 Å². The molecule has 1 N–H and O–H groups in total. The average molecular weight is 483 g/mol. The molecular weight excluding hydrogens is 448 g/mol. The van der Waals surface area contributed by atoms with Gasteiger partial charge in [0.05, 0.1) is 28.4 Å². The van der Waals surface area contributed by atoms with E-state index in [-0.39, 0.29) is 11.8 Å². The van der Waals surface area contributed by atoms with Gasteiger partial charge in [0.25, 0.3) is 0 Å². The van der Waals surface area contributed by atoms with E-state index in [1.54, 1.807) is 0 Å². The number of nitrogens with zero attached hydrogens (tertiary/aromatic N) is 5.